The van der Waals surface area contributed by atoms with Gasteiger partial charge < -0.3 is 9.47 Å². The van der Waals surface area contributed by atoms with Crippen LogP contribution in [0.15, 0.2) is 23.8 Å². The molecule has 4 atom stereocenters. The third kappa shape index (κ3) is 3.79. The Labute approximate surface area is 169 Å². The van der Waals surface area contributed by atoms with Crippen molar-refractivity contribution in [2.45, 2.75) is 78.6 Å². The molecule has 0 heterocycles. The van der Waals surface area contributed by atoms with Crippen LogP contribution in [0, 0.1) is 22.2 Å². The lowest BCUT2D eigenvalue weighted by atomic mass is 9.47. The topological polar surface area (TPSA) is 52.6 Å². The lowest BCUT2D eigenvalue weighted by Gasteiger charge is -2.57. The number of allylic oxidation sites excluding steroid dienone is 3. The lowest BCUT2D eigenvalue weighted by Crippen LogP contribution is -2.50. The summed E-state index contributed by atoms with van der Waals surface area (Å²) in [6, 6.07) is 0. The molecule has 0 unspecified atom stereocenters. The summed E-state index contributed by atoms with van der Waals surface area (Å²) in [7, 11) is 1.29. The maximum atomic E-state index is 12.0. The number of ether oxygens (including phenoxy) is 2. The minimum atomic E-state index is -0.538. The molecule has 1 fully saturated rings. The molecule has 0 saturated heterocycles. The van der Waals surface area contributed by atoms with Gasteiger partial charge in [0.2, 0.25) is 0 Å². The van der Waals surface area contributed by atoms with E-state index < -0.39 is 11.9 Å². The van der Waals surface area contributed by atoms with Gasteiger partial charge in [0.15, 0.2) is 0 Å². The summed E-state index contributed by atoms with van der Waals surface area (Å²) in [5, 5.41) is 0. The molecule has 4 heteroatoms. The van der Waals surface area contributed by atoms with Crippen molar-refractivity contribution in [1.82, 2.24) is 0 Å². The molecule has 0 amide bonds. The third-order valence-electron chi connectivity index (χ3n) is 8.04. The first kappa shape index (κ1) is 21.1. The van der Waals surface area contributed by atoms with E-state index in [0.717, 1.165) is 32.1 Å². The van der Waals surface area contributed by atoms with Crippen LogP contribution in [-0.4, -0.2) is 25.7 Å². The van der Waals surface area contributed by atoms with Crippen molar-refractivity contribution >= 4 is 11.9 Å². The minimum absolute atomic E-state index is 0.0313. The molecular formula is C24H36O4. The summed E-state index contributed by atoms with van der Waals surface area (Å²) in [4.78, 5) is 23.4. The van der Waals surface area contributed by atoms with Crippen LogP contribution in [0.3, 0.4) is 0 Å². The highest BCUT2D eigenvalue weighted by atomic mass is 16.5. The fraction of sp³-hybridized carbons (Fsp3) is 0.750. The number of hydrogen-bond donors (Lipinski definition) is 0. The van der Waals surface area contributed by atoms with Crippen LogP contribution in [-0.2, 0) is 19.1 Å². The number of esters is 2. The van der Waals surface area contributed by atoms with Crippen molar-refractivity contribution in [2.75, 3.05) is 13.7 Å². The average Bonchev–Trinajstić information content (AvgIpc) is 2.66. The summed E-state index contributed by atoms with van der Waals surface area (Å²) in [6.45, 7) is 11.6. The monoisotopic (exact) mass is 388 g/mol. The van der Waals surface area contributed by atoms with E-state index in [1.807, 2.05) is 0 Å². The number of rotatable bonds is 5. The maximum absolute atomic E-state index is 12.0. The largest absolute Gasteiger partial charge is 0.469 e. The van der Waals surface area contributed by atoms with E-state index in [2.05, 4.69) is 38.2 Å². The Morgan fingerprint density at radius 1 is 1.14 bits per heavy atom. The number of methoxy groups -OCH3 is 1. The van der Waals surface area contributed by atoms with Crippen LogP contribution in [0.1, 0.15) is 78.6 Å². The van der Waals surface area contributed by atoms with E-state index in [9.17, 15) is 9.59 Å². The van der Waals surface area contributed by atoms with Gasteiger partial charge in [-0.1, -0.05) is 44.4 Å². The molecule has 28 heavy (non-hydrogen) atoms. The van der Waals surface area contributed by atoms with Gasteiger partial charge in [0.1, 0.15) is 6.42 Å². The molecule has 3 aliphatic rings. The fourth-order valence-electron chi connectivity index (χ4n) is 6.36. The molecule has 0 radical (unpaired) electrons. The smallest absolute Gasteiger partial charge is 0.317 e. The van der Waals surface area contributed by atoms with E-state index in [-0.39, 0.29) is 22.7 Å². The molecule has 0 N–H and O–H groups in total. The normalized spacial score (nSPS) is 37.5. The van der Waals surface area contributed by atoms with Gasteiger partial charge in [0.05, 0.1) is 13.7 Å². The van der Waals surface area contributed by atoms with Crippen LogP contribution in [0.4, 0.5) is 0 Å². The van der Waals surface area contributed by atoms with Crippen LogP contribution in [0.5, 0.6) is 0 Å². The molecule has 3 rings (SSSR count). The molecule has 1 saturated carbocycles. The zero-order valence-corrected chi connectivity index (χ0v) is 18.1. The van der Waals surface area contributed by atoms with Gasteiger partial charge in [0, 0.05) is 5.41 Å². The van der Waals surface area contributed by atoms with Crippen molar-refractivity contribution in [3.8, 4) is 0 Å². The van der Waals surface area contributed by atoms with Crippen molar-refractivity contribution in [3.05, 3.63) is 23.8 Å². The second kappa shape index (κ2) is 7.68. The zero-order chi connectivity index (χ0) is 20.6. The second-order valence-electron chi connectivity index (χ2n) is 10.0. The van der Waals surface area contributed by atoms with E-state index in [4.69, 9.17) is 4.74 Å². The summed E-state index contributed by atoms with van der Waals surface area (Å²) in [6.07, 6.45) is 11.1. The number of carbonyl (C=O) groups is 2. The minimum Gasteiger partial charge on any atom is -0.469 e. The zero-order valence-electron chi connectivity index (χ0n) is 18.1. The first-order chi connectivity index (χ1) is 13.2. The van der Waals surface area contributed by atoms with Gasteiger partial charge in [-0.15, -0.1) is 6.58 Å². The Hall–Kier alpha value is -1.58. The molecular weight excluding hydrogens is 352 g/mol. The van der Waals surface area contributed by atoms with Gasteiger partial charge in [-0.2, -0.15) is 0 Å². The Bertz CT molecular complexity index is 693. The average molecular weight is 389 g/mol. The quantitative estimate of drug-likeness (QED) is 0.361. The molecule has 0 aromatic heterocycles. The predicted molar refractivity (Wildman–Crippen MR) is 110 cm³/mol. The molecule has 0 spiro atoms. The van der Waals surface area contributed by atoms with Crippen LogP contribution < -0.4 is 0 Å². The highest BCUT2D eigenvalue weighted by Crippen LogP contribution is 2.63. The van der Waals surface area contributed by atoms with Crippen molar-refractivity contribution in [1.29, 1.82) is 0 Å². The van der Waals surface area contributed by atoms with Gasteiger partial charge in [0.25, 0.3) is 0 Å². The van der Waals surface area contributed by atoms with Crippen LogP contribution in [0.25, 0.3) is 0 Å². The highest BCUT2D eigenvalue weighted by molar-refractivity contribution is 5.91. The Balaban J connectivity index is 1.77. The van der Waals surface area contributed by atoms with Crippen molar-refractivity contribution in [2.24, 2.45) is 22.2 Å². The fourth-order valence-corrected chi connectivity index (χ4v) is 6.36. The number of fused-ring (bicyclic) bond motifs is 2. The van der Waals surface area contributed by atoms with E-state index in [1.165, 1.54) is 26.4 Å². The molecule has 0 aliphatic heterocycles. The third-order valence-corrected chi connectivity index (χ3v) is 8.04. The van der Waals surface area contributed by atoms with Gasteiger partial charge in [-0.25, -0.2) is 0 Å². The van der Waals surface area contributed by atoms with Crippen LogP contribution >= 0.6 is 0 Å². The molecule has 0 aromatic carbocycles. The standard InChI is InChI=1S/C24H36O4/c1-6-22(2)13-10-18-17(15-22)8-9-19-23(3,11-7-12-24(18,19)4)16-28-21(26)14-20(25)27-5/h6,19H,1,7-16H2,2-5H3/t19-,22+,23-,24-/m1/s1. The molecule has 0 bridgehead atoms. The maximum Gasteiger partial charge on any atom is 0.317 e. The lowest BCUT2D eigenvalue weighted by molar-refractivity contribution is -0.158. The molecule has 3 aliphatic carbocycles. The SMILES string of the molecule is C=C[C@@]1(C)CCC2=C(CC[C@@H]3[C@@](C)(COC(=O)CC(=O)OC)CCC[C@]23C)C1. The molecule has 156 valence electrons. The number of hydrogen-bond acceptors (Lipinski definition) is 4. The van der Waals surface area contributed by atoms with Crippen molar-refractivity contribution in [3.63, 3.8) is 0 Å². The molecule has 4 nitrogen and oxygen atoms in total. The first-order valence-corrected chi connectivity index (χ1v) is 10.7. The van der Waals surface area contributed by atoms with Gasteiger partial charge >= 0.3 is 11.9 Å². The van der Waals surface area contributed by atoms with E-state index >= 15 is 0 Å². The summed E-state index contributed by atoms with van der Waals surface area (Å²) in [5.41, 5.74) is 3.77. The Morgan fingerprint density at radius 2 is 1.89 bits per heavy atom. The van der Waals surface area contributed by atoms with Crippen LogP contribution in [0.2, 0.25) is 0 Å². The highest BCUT2D eigenvalue weighted by Gasteiger charge is 2.53. The van der Waals surface area contributed by atoms with Gasteiger partial charge in [-0.05, 0) is 61.7 Å². The summed E-state index contributed by atoms with van der Waals surface area (Å²) < 4.78 is 10.1. The Morgan fingerprint density at radius 3 is 2.57 bits per heavy atom. The Kier molecular flexibility index (Phi) is 5.80. The summed E-state index contributed by atoms with van der Waals surface area (Å²) in [5.74, 6) is -0.495. The first-order valence-electron chi connectivity index (χ1n) is 10.7. The molecule has 0 aromatic rings. The summed E-state index contributed by atoms with van der Waals surface area (Å²) >= 11 is 0. The number of carbonyl (C=O) groups excluding carboxylic acids is 2. The van der Waals surface area contributed by atoms with Crippen molar-refractivity contribution < 1.29 is 19.1 Å². The van der Waals surface area contributed by atoms with E-state index in [0.29, 0.717) is 12.5 Å². The van der Waals surface area contributed by atoms with Gasteiger partial charge in [-0.3, -0.25) is 9.59 Å². The van der Waals surface area contributed by atoms with E-state index in [1.54, 1.807) is 11.1 Å². The predicted octanol–water partition coefficient (Wildman–Crippen LogP) is 5.37. The second-order valence-corrected chi connectivity index (χ2v) is 10.0.